The van der Waals surface area contributed by atoms with Crippen molar-refractivity contribution in [2.45, 2.75) is 128 Å². The Hall–Kier alpha value is -2.92. The van der Waals surface area contributed by atoms with Gasteiger partial charge >= 0.3 is 6.09 Å². The molecule has 0 N–H and O–H groups in total. The van der Waals surface area contributed by atoms with Crippen LogP contribution in [-0.4, -0.2) is 47.8 Å². The first-order chi connectivity index (χ1) is 27.2. The van der Waals surface area contributed by atoms with E-state index in [4.69, 9.17) is 18.6 Å². The lowest BCUT2D eigenvalue weighted by Gasteiger charge is -2.47. The maximum absolute atomic E-state index is 14.4. The molecule has 2 heterocycles. The number of anilines is 1. The van der Waals surface area contributed by atoms with Gasteiger partial charge in [-0.3, -0.25) is 4.90 Å². The molecular formula is C48H61Br2NO5Si2. The van der Waals surface area contributed by atoms with Crippen molar-refractivity contribution >= 4 is 65.6 Å². The molecule has 0 saturated carbocycles. The molecule has 1 saturated heterocycles. The van der Waals surface area contributed by atoms with E-state index >= 15 is 0 Å². The minimum absolute atomic E-state index is 0.0163. The summed E-state index contributed by atoms with van der Waals surface area (Å²) in [7, 11) is -3.04. The van der Waals surface area contributed by atoms with Gasteiger partial charge in [-0.25, -0.2) is 4.79 Å². The first-order valence-electron chi connectivity index (χ1n) is 20.7. The molecule has 5 atom stereocenters. The largest absolute Gasteiger partial charge is 0.543 e. The van der Waals surface area contributed by atoms with Crippen molar-refractivity contribution in [3.8, 4) is 17.2 Å². The van der Waals surface area contributed by atoms with Gasteiger partial charge in [0.2, 0.25) is 14.1 Å². The van der Waals surface area contributed by atoms with Crippen LogP contribution in [-0.2, 0) is 20.0 Å². The molecule has 0 aromatic heterocycles. The summed E-state index contributed by atoms with van der Waals surface area (Å²) in [5, 5.41) is -0.0163. The number of benzene rings is 3. The van der Waals surface area contributed by atoms with E-state index in [9.17, 15) is 4.79 Å². The maximum atomic E-state index is 14.4. The second-order valence-corrected chi connectivity index (χ2v) is 31.7. The summed E-state index contributed by atoms with van der Waals surface area (Å²) in [6.45, 7) is 27.4. The van der Waals surface area contributed by atoms with Crippen LogP contribution in [0.5, 0.6) is 5.75 Å². The number of amides is 1. The van der Waals surface area contributed by atoms with Crippen molar-refractivity contribution in [1.29, 1.82) is 0 Å². The maximum Gasteiger partial charge on any atom is 0.415 e. The predicted molar refractivity (Wildman–Crippen MR) is 251 cm³/mol. The fraction of sp³-hybridized carbons (Fsp3) is 0.479. The highest BCUT2D eigenvalue weighted by Gasteiger charge is 2.59. The van der Waals surface area contributed by atoms with Crippen molar-refractivity contribution in [2.24, 2.45) is 11.8 Å². The van der Waals surface area contributed by atoms with Crippen molar-refractivity contribution < 1.29 is 23.4 Å². The Morgan fingerprint density at radius 3 is 1.88 bits per heavy atom. The Kier molecular flexibility index (Phi) is 13.0. The first-order valence-corrected chi connectivity index (χ1v) is 27.4. The van der Waals surface area contributed by atoms with E-state index in [0.29, 0.717) is 16.6 Å². The topological polar surface area (TPSA) is 57.2 Å². The van der Waals surface area contributed by atoms with Gasteiger partial charge in [-0.05, 0) is 96.0 Å². The molecule has 10 heteroatoms. The lowest BCUT2D eigenvalue weighted by Crippen LogP contribution is -2.52. The molecule has 0 bridgehead atoms. The van der Waals surface area contributed by atoms with Gasteiger partial charge in [-0.1, -0.05) is 142 Å². The van der Waals surface area contributed by atoms with Gasteiger partial charge in [0.05, 0.1) is 28.4 Å². The molecule has 1 amide bonds. The van der Waals surface area contributed by atoms with E-state index in [1.54, 1.807) is 4.90 Å². The number of nitrogens with zero attached hydrogens (tertiary/aromatic N) is 1. The van der Waals surface area contributed by atoms with Gasteiger partial charge in [0, 0.05) is 28.5 Å². The summed E-state index contributed by atoms with van der Waals surface area (Å²) < 4.78 is 28.3. The second kappa shape index (κ2) is 16.9. The Balaban J connectivity index is 1.68. The second-order valence-electron chi connectivity index (χ2n) is 18.6. The number of fused-ring (bicyclic) bond motifs is 3. The minimum Gasteiger partial charge on any atom is -0.543 e. The summed E-state index contributed by atoms with van der Waals surface area (Å²) in [5.41, 5.74) is 10.8. The van der Waals surface area contributed by atoms with E-state index in [1.807, 2.05) is 48.5 Å². The van der Waals surface area contributed by atoms with Crippen LogP contribution in [0, 0.1) is 23.3 Å². The highest BCUT2D eigenvalue weighted by atomic mass is 79.9. The zero-order valence-electron chi connectivity index (χ0n) is 36.4. The molecule has 1 aliphatic carbocycles. The Morgan fingerprint density at radius 2 is 1.40 bits per heavy atom. The quantitative estimate of drug-likeness (QED) is 0.166. The molecule has 3 aromatic carbocycles. The van der Waals surface area contributed by atoms with Gasteiger partial charge in [0.1, 0.15) is 19.9 Å². The van der Waals surface area contributed by atoms with Gasteiger partial charge in [-0.2, -0.15) is 0 Å². The SMILES string of the molecule is COC(=O)N1c2ccc(O[Si](C)(C)C(C)(C)C)cc2C2=C([C@@H](C)[C@@H]3OC(c4ccccc4)(c4ccccc4)O[C@@H]3[C@H]2C=C(Br)Br)[C@@H]1C#C[Si](C(C)C)(C(C)C)C(C)C. The minimum atomic E-state index is -2.25. The van der Waals surface area contributed by atoms with Crippen molar-refractivity contribution in [1.82, 2.24) is 0 Å². The Bertz CT molecular complexity index is 2050. The van der Waals surface area contributed by atoms with Crippen LogP contribution in [0.25, 0.3) is 5.57 Å². The van der Waals surface area contributed by atoms with Crippen molar-refractivity contribution in [2.75, 3.05) is 12.0 Å². The average Bonchev–Trinajstić information content (AvgIpc) is 3.58. The normalized spacial score (nSPS) is 22.9. The molecule has 310 valence electrons. The number of carbonyl (C=O) groups excluding carboxylic acids is 1. The molecule has 1 fully saturated rings. The summed E-state index contributed by atoms with van der Waals surface area (Å²) >= 11 is 7.54. The lowest BCUT2D eigenvalue weighted by molar-refractivity contribution is -0.154. The third-order valence-electron chi connectivity index (χ3n) is 13.4. The van der Waals surface area contributed by atoms with E-state index in [2.05, 4.69) is 162 Å². The van der Waals surface area contributed by atoms with Crippen LogP contribution < -0.4 is 9.33 Å². The molecular weight excluding hydrogens is 887 g/mol. The van der Waals surface area contributed by atoms with E-state index < -0.39 is 46.5 Å². The van der Waals surface area contributed by atoms with Crippen LogP contribution in [0.15, 0.2) is 93.9 Å². The highest BCUT2D eigenvalue weighted by Crippen LogP contribution is 2.58. The number of hydrogen-bond acceptors (Lipinski definition) is 5. The summed E-state index contributed by atoms with van der Waals surface area (Å²) in [6, 6.07) is 26.0. The fourth-order valence-electron chi connectivity index (χ4n) is 9.59. The Labute approximate surface area is 366 Å². The zero-order chi connectivity index (χ0) is 42.5. The van der Waals surface area contributed by atoms with Crippen molar-refractivity contribution in [3.63, 3.8) is 0 Å². The molecule has 0 spiro atoms. The van der Waals surface area contributed by atoms with Gasteiger partial charge in [-0.15, -0.1) is 5.54 Å². The van der Waals surface area contributed by atoms with Crippen LogP contribution >= 0.6 is 31.9 Å². The van der Waals surface area contributed by atoms with Crippen LogP contribution in [0.4, 0.5) is 10.5 Å². The monoisotopic (exact) mass is 945 g/mol. The smallest absolute Gasteiger partial charge is 0.415 e. The number of hydrogen-bond donors (Lipinski definition) is 0. The summed E-state index contributed by atoms with van der Waals surface area (Å²) in [5.74, 6) is 2.93. The lowest BCUT2D eigenvalue weighted by atomic mass is 9.67. The van der Waals surface area contributed by atoms with Gasteiger partial charge < -0.3 is 18.6 Å². The summed E-state index contributed by atoms with van der Waals surface area (Å²) in [4.78, 5) is 16.2. The van der Waals surface area contributed by atoms with Crippen LogP contribution in [0.1, 0.15) is 85.9 Å². The van der Waals surface area contributed by atoms with Gasteiger partial charge in [0.15, 0.2) is 0 Å². The average molecular weight is 948 g/mol. The zero-order valence-corrected chi connectivity index (χ0v) is 41.6. The fourth-order valence-corrected chi connectivity index (χ4v) is 16.4. The third-order valence-corrected chi connectivity index (χ3v) is 24.6. The van der Waals surface area contributed by atoms with Crippen LogP contribution in [0.3, 0.4) is 0 Å². The number of halogens is 2. The standard InChI is InChI=1S/C48H61Br2NO5Si2/c1-30(2)58(31(3)4,32(5)6)27-26-40-42-33(7)44-45(55-48(54-44,34-20-16-14-17-21-34)35-22-18-15-19-23-35)38(29-41(49)50)43(42)37-28-36(56-57(12,13)47(8,9)10)24-25-39(37)51(40)46(52)53-11/h14-25,28-33,38,40,44-45H,1-13H3/t33-,38+,40+,44+,45-/m1/s1. The number of rotatable bonds is 8. The van der Waals surface area contributed by atoms with E-state index in [0.717, 1.165) is 42.7 Å². The summed E-state index contributed by atoms with van der Waals surface area (Å²) in [6.07, 6.45) is 0.906. The molecule has 58 heavy (non-hydrogen) atoms. The number of ether oxygens (including phenoxy) is 3. The molecule has 6 rings (SSSR count). The third kappa shape index (κ3) is 7.78. The molecule has 3 aliphatic rings. The molecule has 3 aromatic rings. The molecule has 2 aliphatic heterocycles. The van der Waals surface area contributed by atoms with Crippen molar-refractivity contribution in [3.05, 3.63) is 111 Å². The predicted octanol–water partition coefficient (Wildman–Crippen LogP) is 13.6. The Morgan fingerprint density at radius 1 is 0.862 bits per heavy atom. The highest BCUT2D eigenvalue weighted by molar-refractivity contribution is 9.28. The number of methoxy groups -OCH3 is 1. The molecule has 0 unspecified atom stereocenters. The first kappa shape index (κ1) is 44.6. The van der Waals surface area contributed by atoms with E-state index in [-0.39, 0.29) is 16.9 Å². The van der Waals surface area contributed by atoms with Gasteiger partial charge in [0.25, 0.3) is 0 Å². The number of carbonyl (C=O) groups is 1. The van der Waals surface area contributed by atoms with Crippen LogP contribution in [0.2, 0.25) is 34.8 Å². The molecule has 6 nitrogen and oxygen atoms in total. The van der Waals surface area contributed by atoms with E-state index in [1.165, 1.54) is 7.11 Å². The molecule has 0 radical (unpaired) electrons.